The quantitative estimate of drug-likeness (QED) is 0.291. The van der Waals surface area contributed by atoms with Gasteiger partial charge in [0.05, 0.1) is 0 Å². The summed E-state index contributed by atoms with van der Waals surface area (Å²) in [6.45, 7) is 12.8. The molecule has 7 nitrogen and oxygen atoms in total. The second kappa shape index (κ2) is 12.9. The standard InChI is InChI=1S/C30H39N3O4S/c1-9-21-16-12-13-17-22(21)25(26(34)31-23-18-14-11-15-20(23)3)33(30(7,8)10-2)27(35)24(19-38)32-28(36)37-29(4,5)6/h1,11-18,24-25,38H,10,19H2,2-8H3,(H,31,34)(H,32,36). The molecule has 0 saturated carbocycles. The minimum atomic E-state index is -1.09. The van der Waals surface area contributed by atoms with Crippen LogP contribution in [0, 0.1) is 19.3 Å². The number of terminal acetylenes is 1. The van der Waals surface area contributed by atoms with E-state index >= 15 is 0 Å². The molecule has 0 spiro atoms. The van der Waals surface area contributed by atoms with Gasteiger partial charge in [0.1, 0.15) is 17.7 Å². The Kier molecular flexibility index (Phi) is 10.4. The van der Waals surface area contributed by atoms with Crippen LogP contribution in [0.3, 0.4) is 0 Å². The Morgan fingerprint density at radius 3 is 2.21 bits per heavy atom. The van der Waals surface area contributed by atoms with E-state index in [-0.39, 0.29) is 5.75 Å². The van der Waals surface area contributed by atoms with E-state index in [0.29, 0.717) is 23.2 Å². The zero-order valence-corrected chi connectivity index (χ0v) is 24.2. The number of carbonyl (C=O) groups is 3. The van der Waals surface area contributed by atoms with Crippen molar-refractivity contribution in [3.63, 3.8) is 0 Å². The van der Waals surface area contributed by atoms with Gasteiger partial charge in [0.25, 0.3) is 5.91 Å². The van der Waals surface area contributed by atoms with Crippen LogP contribution in [-0.2, 0) is 14.3 Å². The van der Waals surface area contributed by atoms with E-state index in [1.54, 1.807) is 51.1 Å². The zero-order valence-electron chi connectivity index (χ0n) is 23.3. The van der Waals surface area contributed by atoms with Crippen LogP contribution < -0.4 is 10.6 Å². The van der Waals surface area contributed by atoms with Gasteiger partial charge in [0.15, 0.2) is 0 Å². The van der Waals surface area contributed by atoms with Gasteiger partial charge in [-0.05, 0) is 71.2 Å². The molecule has 0 heterocycles. The van der Waals surface area contributed by atoms with E-state index < -0.39 is 41.1 Å². The topological polar surface area (TPSA) is 87.7 Å². The first-order valence-corrected chi connectivity index (χ1v) is 13.2. The smallest absolute Gasteiger partial charge is 0.408 e. The molecule has 0 aromatic heterocycles. The van der Waals surface area contributed by atoms with Gasteiger partial charge in [-0.3, -0.25) is 9.59 Å². The molecule has 0 saturated heterocycles. The van der Waals surface area contributed by atoms with E-state index in [1.165, 1.54) is 4.90 Å². The summed E-state index contributed by atoms with van der Waals surface area (Å²) in [4.78, 5) is 42.3. The van der Waals surface area contributed by atoms with Crippen molar-refractivity contribution in [3.05, 3.63) is 65.2 Å². The predicted octanol–water partition coefficient (Wildman–Crippen LogP) is 5.50. The Morgan fingerprint density at radius 1 is 1.05 bits per heavy atom. The lowest BCUT2D eigenvalue weighted by atomic mass is 9.90. The number of hydrogen-bond acceptors (Lipinski definition) is 5. The van der Waals surface area contributed by atoms with Gasteiger partial charge in [-0.25, -0.2) is 4.79 Å². The number of rotatable bonds is 9. The lowest BCUT2D eigenvalue weighted by Gasteiger charge is -2.44. The number of carbonyl (C=O) groups excluding carboxylic acids is 3. The van der Waals surface area contributed by atoms with Crippen molar-refractivity contribution in [2.75, 3.05) is 11.1 Å². The molecule has 0 radical (unpaired) electrons. The van der Waals surface area contributed by atoms with E-state index in [4.69, 9.17) is 11.2 Å². The third-order valence-corrected chi connectivity index (χ3v) is 6.61. The molecule has 8 heteroatoms. The molecular weight excluding hydrogens is 498 g/mol. The number of para-hydroxylation sites is 1. The van der Waals surface area contributed by atoms with Crippen molar-refractivity contribution >= 4 is 36.2 Å². The van der Waals surface area contributed by atoms with Gasteiger partial charge >= 0.3 is 6.09 Å². The fourth-order valence-corrected chi connectivity index (χ4v) is 4.17. The molecule has 2 N–H and O–H groups in total. The van der Waals surface area contributed by atoms with Gasteiger partial charge in [-0.15, -0.1) is 6.42 Å². The SMILES string of the molecule is C#Cc1ccccc1C(C(=O)Nc1ccccc1C)N(C(=O)C(CS)NC(=O)OC(C)(C)C)C(C)(C)CC. The summed E-state index contributed by atoms with van der Waals surface area (Å²) in [5, 5.41) is 5.62. The maximum atomic E-state index is 14.2. The van der Waals surface area contributed by atoms with Gasteiger partial charge in [-0.2, -0.15) is 12.6 Å². The molecule has 2 aromatic rings. The van der Waals surface area contributed by atoms with Crippen molar-refractivity contribution in [3.8, 4) is 12.3 Å². The molecule has 0 bridgehead atoms. The van der Waals surface area contributed by atoms with Crippen LogP contribution in [0.1, 0.15) is 70.7 Å². The highest BCUT2D eigenvalue weighted by Crippen LogP contribution is 2.34. The van der Waals surface area contributed by atoms with Crippen molar-refractivity contribution in [1.29, 1.82) is 0 Å². The molecule has 0 aliphatic rings. The lowest BCUT2D eigenvalue weighted by Crippen LogP contribution is -2.59. The molecule has 2 rings (SSSR count). The number of aryl methyl sites for hydroxylation is 1. The number of ether oxygens (including phenoxy) is 1. The Labute approximate surface area is 232 Å². The summed E-state index contributed by atoms with van der Waals surface area (Å²) in [7, 11) is 0. The average molecular weight is 538 g/mol. The normalized spacial score (nSPS) is 13.0. The van der Waals surface area contributed by atoms with Crippen molar-refractivity contribution in [1.82, 2.24) is 10.2 Å². The molecular formula is C30H39N3O4S. The summed E-state index contributed by atoms with van der Waals surface area (Å²) in [5.74, 6) is 1.74. The fraction of sp³-hybridized carbons (Fsp3) is 0.433. The van der Waals surface area contributed by atoms with Crippen LogP contribution in [0.25, 0.3) is 0 Å². The largest absolute Gasteiger partial charge is 0.444 e. The first kappa shape index (κ1) is 30.8. The maximum Gasteiger partial charge on any atom is 0.408 e. The number of alkyl carbamates (subject to hydrolysis) is 1. The van der Waals surface area contributed by atoms with Crippen LogP contribution in [0.15, 0.2) is 48.5 Å². The molecule has 0 aliphatic carbocycles. The molecule has 3 amide bonds. The molecule has 2 aromatic carbocycles. The molecule has 0 fully saturated rings. The van der Waals surface area contributed by atoms with Crippen LogP contribution >= 0.6 is 12.6 Å². The van der Waals surface area contributed by atoms with Crippen LogP contribution in [0.4, 0.5) is 10.5 Å². The zero-order chi connectivity index (χ0) is 28.7. The fourth-order valence-electron chi connectivity index (χ4n) is 3.93. The molecule has 2 unspecified atom stereocenters. The Bertz CT molecular complexity index is 1200. The highest BCUT2D eigenvalue weighted by Gasteiger charge is 2.43. The summed E-state index contributed by atoms with van der Waals surface area (Å²) in [5.41, 5.74) is 0.940. The molecule has 204 valence electrons. The Morgan fingerprint density at radius 2 is 1.66 bits per heavy atom. The number of nitrogens with one attached hydrogen (secondary N) is 2. The van der Waals surface area contributed by atoms with Crippen LogP contribution in [-0.4, -0.2) is 45.7 Å². The van der Waals surface area contributed by atoms with Crippen molar-refractivity contribution in [2.45, 2.75) is 78.1 Å². The van der Waals surface area contributed by atoms with E-state index in [0.717, 1.165) is 5.56 Å². The van der Waals surface area contributed by atoms with Gasteiger partial charge in [0.2, 0.25) is 5.91 Å². The number of anilines is 1. The van der Waals surface area contributed by atoms with Crippen LogP contribution in [0.5, 0.6) is 0 Å². The number of benzene rings is 2. The van der Waals surface area contributed by atoms with Gasteiger partial charge < -0.3 is 20.3 Å². The number of thiol groups is 1. The van der Waals surface area contributed by atoms with Crippen molar-refractivity contribution in [2.24, 2.45) is 0 Å². The maximum absolute atomic E-state index is 14.2. The first-order valence-electron chi connectivity index (χ1n) is 12.6. The summed E-state index contributed by atoms with van der Waals surface area (Å²) < 4.78 is 5.37. The highest BCUT2D eigenvalue weighted by molar-refractivity contribution is 7.80. The van der Waals surface area contributed by atoms with E-state index in [9.17, 15) is 14.4 Å². The number of nitrogens with zero attached hydrogens (tertiary/aromatic N) is 1. The monoisotopic (exact) mass is 537 g/mol. The summed E-state index contributed by atoms with van der Waals surface area (Å²) in [6.07, 6.45) is 5.60. The number of amides is 3. The minimum Gasteiger partial charge on any atom is -0.444 e. The van der Waals surface area contributed by atoms with Crippen molar-refractivity contribution < 1.29 is 19.1 Å². The van der Waals surface area contributed by atoms with Crippen LogP contribution in [0.2, 0.25) is 0 Å². The summed E-state index contributed by atoms with van der Waals surface area (Å²) in [6, 6.07) is 12.3. The first-order chi connectivity index (χ1) is 17.8. The second-order valence-corrected chi connectivity index (χ2v) is 11.1. The molecule has 38 heavy (non-hydrogen) atoms. The number of hydrogen-bond donors (Lipinski definition) is 3. The molecule has 2 atom stereocenters. The Hall–Kier alpha value is -3.44. The highest BCUT2D eigenvalue weighted by atomic mass is 32.1. The third kappa shape index (κ3) is 7.78. The van der Waals surface area contributed by atoms with Gasteiger partial charge in [-0.1, -0.05) is 49.2 Å². The average Bonchev–Trinajstić information content (AvgIpc) is 2.85. The predicted molar refractivity (Wildman–Crippen MR) is 155 cm³/mol. The lowest BCUT2D eigenvalue weighted by molar-refractivity contribution is -0.147. The summed E-state index contributed by atoms with van der Waals surface area (Å²) >= 11 is 4.35. The minimum absolute atomic E-state index is 0.00269. The Balaban J connectivity index is 2.66. The van der Waals surface area contributed by atoms with Gasteiger partial charge in [0, 0.05) is 22.5 Å². The van der Waals surface area contributed by atoms with E-state index in [2.05, 4.69) is 29.2 Å². The third-order valence-electron chi connectivity index (χ3n) is 6.25. The van der Waals surface area contributed by atoms with E-state index in [1.807, 2.05) is 45.9 Å². The second-order valence-electron chi connectivity index (χ2n) is 10.7. The molecule has 0 aliphatic heterocycles.